The predicted octanol–water partition coefficient (Wildman–Crippen LogP) is 2.52. The van der Waals surface area contributed by atoms with Crippen LogP contribution >= 0.6 is 0 Å². The highest BCUT2D eigenvalue weighted by molar-refractivity contribution is 5.98. The van der Waals surface area contributed by atoms with E-state index in [2.05, 4.69) is 17.5 Å². The van der Waals surface area contributed by atoms with Crippen LogP contribution in [0.25, 0.3) is 0 Å². The Kier molecular flexibility index (Phi) is 5.82. The number of amides is 1. The van der Waals surface area contributed by atoms with Gasteiger partial charge in [0.1, 0.15) is 18.0 Å². The number of allylic oxidation sites excluding steroid dienone is 2. The largest absolute Gasteiger partial charge is 0.449 e. The normalized spacial score (nSPS) is 41.9. The van der Waals surface area contributed by atoms with Crippen molar-refractivity contribution in [1.82, 2.24) is 5.43 Å². The molecule has 0 heterocycles. The Hall–Kier alpha value is -2.06. The van der Waals surface area contributed by atoms with Crippen LogP contribution in [-0.2, 0) is 14.3 Å². The van der Waals surface area contributed by atoms with Crippen LogP contribution in [0.15, 0.2) is 16.8 Å². The Bertz CT molecular complexity index is 897. The fraction of sp³-hybridized carbons (Fsp3) is 0.750. The van der Waals surface area contributed by atoms with Crippen molar-refractivity contribution in [3.8, 4) is 0 Å². The maximum absolute atomic E-state index is 13.6. The lowest BCUT2D eigenvalue weighted by Crippen LogP contribution is -2.60. The molecule has 4 aliphatic rings. The monoisotopic (exact) mass is 446 g/mol. The molecule has 0 spiro atoms. The van der Waals surface area contributed by atoms with Gasteiger partial charge in [0.05, 0.1) is 12.3 Å². The van der Waals surface area contributed by atoms with Gasteiger partial charge in [0.25, 0.3) is 0 Å². The molecule has 4 rings (SSSR count). The van der Waals surface area contributed by atoms with Gasteiger partial charge in [0.15, 0.2) is 5.78 Å². The summed E-state index contributed by atoms with van der Waals surface area (Å²) in [7, 11) is 0. The lowest BCUT2D eigenvalue weighted by molar-refractivity contribution is -0.170. The number of aliphatic hydroxyl groups is 2. The molecular weight excluding hydrogens is 412 g/mol. The van der Waals surface area contributed by atoms with Crippen molar-refractivity contribution >= 4 is 23.4 Å². The van der Waals surface area contributed by atoms with Crippen LogP contribution < -0.4 is 5.43 Å². The van der Waals surface area contributed by atoms with E-state index < -0.39 is 29.5 Å². The lowest BCUT2D eigenvalue weighted by atomic mass is 9.46. The van der Waals surface area contributed by atoms with Crippen molar-refractivity contribution in [2.24, 2.45) is 33.7 Å². The molecule has 6 atom stereocenters. The topological polar surface area (TPSA) is 125 Å². The second-order valence-corrected chi connectivity index (χ2v) is 10.3. The van der Waals surface area contributed by atoms with Gasteiger partial charge in [-0.25, -0.2) is 10.2 Å². The fourth-order valence-electron chi connectivity index (χ4n) is 7.36. The van der Waals surface area contributed by atoms with Crippen LogP contribution in [-0.4, -0.2) is 52.4 Å². The van der Waals surface area contributed by atoms with Gasteiger partial charge in [-0.1, -0.05) is 19.4 Å². The highest BCUT2D eigenvalue weighted by Crippen LogP contribution is 2.66. The highest BCUT2D eigenvalue weighted by atomic mass is 16.5. The van der Waals surface area contributed by atoms with E-state index in [1.54, 1.807) is 6.92 Å². The molecule has 0 aromatic rings. The van der Waals surface area contributed by atoms with Crippen LogP contribution in [0.4, 0.5) is 4.79 Å². The third-order valence-corrected chi connectivity index (χ3v) is 8.99. The van der Waals surface area contributed by atoms with Crippen LogP contribution in [0.5, 0.6) is 0 Å². The quantitative estimate of drug-likeness (QED) is 0.570. The zero-order chi connectivity index (χ0) is 23.3. The standard InChI is InChI=1S/C24H34N2O6/c1-4-32-21(30)26-25-15-7-9-22(2)14(11-15)5-6-16-17-8-10-24(31,19(29)13-27)23(17,3)12-18(28)20(16)22/h11,16-17,20,27,31H,4-10,12-13H2,1-3H3,(H,26,30)/b25-15-/t16-,17-,20+,22-,23-,24-/m0/s1. The van der Waals surface area contributed by atoms with Crippen molar-refractivity contribution < 1.29 is 29.3 Å². The second-order valence-electron chi connectivity index (χ2n) is 10.3. The molecule has 3 saturated carbocycles. The summed E-state index contributed by atoms with van der Waals surface area (Å²) >= 11 is 0. The molecule has 8 heteroatoms. The second kappa shape index (κ2) is 8.06. The minimum Gasteiger partial charge on any atom is -0.449 e. The van der Waals surface area contributed by atoms with Crippen LogP contribution in [0, 0.1) is 28.6 Å². The summed E-state index contributed by atoms with van der Waals surface area (Å²) in [5, 5.41) is 24.9. The van der Waals surface area contributed by atoms with Gasteiger partial charge in [-0.15, -0.1) is 0 Å². The summed E-state index contributed by atoms with van der Waals surface area (Å²) in [6, 6.07) is 0. The number of hydrazone groups is 1. The van der Waals surface area contributed by atoms with Crippen LogP contribution in [0.3, 0.4) is 0 Å². The van der Waals surface area contributed by atoms with E-state index in [4.69, 9.17) is 4.74 Å². The smallest absolute Gasteiger partial charge is 0.427 e. The minimum absolute atomic E-state index is 0.0737. The van der Waals surface area contributed by atoms with Crippen molar-refractivity contribution in [1.29, 1.82) is 0 Å². The number of carbonyl (C=O) groups excluding carboxylic acids is 3. The Morgan fingerprint density at radius 3 is 2.69 bits per heavy atom. The number of hydrogen-bond donors (Lipinski definition) is 3. The van der Waals surface area contributed by atoms with Gasteiger partial charge in [0, 0.05) is 17.8 Å². The molecule has 176 valence electrons. The van der Waals surface area contributed by atoms with Gasteiger partial charge >= 0.3 is 6.09 Å². The molecule has 0 aromatic carbocycles. The van der Waals surface area contributed by atoms with Crippen molar-refractivity contribution in [2.45, 2.75) is 71.3 Å². The molecule has 1 amide bonds. The number of nitrogens with zero attached hydrogens (tertiary/aromatic N) is 1. The molecule has 8 nitrogen and oxygen atoms in total. The fourth-order valence-corrected chi connectivity index (χ4v) is 7.36. The summed E-state index contributed by atoms with van der Waals surface area (Å²) in [6.07, 6.45) is 5.66. The molecule has 0 bridgehead atoms. The first-order valence-electron chi connectivity index (χ1n) is 11.7. The Balaban J connectivity index is 1.61. The number of ketones is 2. The number of nitrogens with one attached hydrogen (secondary N) is 1. The zero-order valence-corrected chi connectivity index (χ0v) is 19.1. The molecule has 4 aliphatic carbocycles. The average Bonchev–Trinajstić information content (AvgIpc) is 3.02. The average molecular weight is 447 g/mol. The highest BCUT2D eigenvalue weighted by Gasteiger charge is 2.68. The van der Waals surface area contributed by atoms with Crippen LogP contribution in [0.1, 0.15) is 65.7 Å². The van der Waals surface area contributed by atoms with Gasteiger partial charge in [0.2, 0.25) is 0 Å². The molecule has 0 saturated heterocycles. The summed E-state index contributed by atoms with van der Waals surface area (Å²) in [6.45, 7) is 5.34. The minimum atomic E-state index is -1.63. The maximum atomic E-state index is 13.6. The van der Waals surface area contributed by atoms with Gasteiger partial charge in [-0.3, -0.25) is 9.59 Å². The third kappa shape index (κ3) is 3.25. The van der Waals surface area contributed by atoms with Crippen LogP contribution in [0.2, 0.25) is 0 Å². The predicted molar refractivity (Wildman–Crippen MR) is 117 cm³/mol. The number of Topliss-reactive ketones (excluding diaryl/α,β-unsaturated/α-hetero) is 2. The van der Waals surface area contributed by atoms with E-state index in [0.29, 0.717) is 19.3 Å². The van der Waals surface area contributed by atoms with Crippen molar-refractivity contribution in [3.05, 3.63) is 11.6 Å². The van der Waals surface area contributed by atoms with E-state index in [9.17, 15) is 24.6 Å². The summed E-state index contributed by atoms with van der Waals surface area (Å²) < 4.78 is 4.85. The summed E-state index contributed by atoms with van der Waals surface area (Å²) in [5.41, 5.74) is 1.65. The molecule has 32 heavy (non-hydrogen) atoms. The number of hydrogen-bond acceptors (Lipinski definition) is 7. The van der Waals surface area contributed by atoms with E-state index in [1.165, 1.54) is 5.57 Å². The zero-order valence-electron chi connectivity index (χ0n) is 19.1. The Labute approximate surface area is 188 Å². The molecule has 0 aromatic heterocycles. The molecule has 3 N–H and O–H groups in total. The molecule has 3 fully saturated rings. The van der Waals surface area contributed by atoms with Crippen molar-refractivity contribution in [2.75, 3.05) is 13.2 Å². The molecular formula is C24H34N2O6. The molecule has 0 unspecified atom stereocenters. The first-order chi connectivity index (χ1) is 15.1. The Morgan fingerprint density at radius 1 is 1.25 bits per heavy atom. The molecule has 0 aliphatic heterocycles. The number of rotatable bonds is 4. The van der Waals surface area contributed by atoms with E-state index in [-0.39, 0.29) is 42.0 Å². The van der Waals surface area contributed by atoms with Gasteiger partial charge < -0.3 is 14.9 Å². The first-order valence-corrected chi connectivity index (χ1v) is 11.7. The summed E-state index contributed by atoms with van der Waals surface area (Å²) in [5.74, 6) is -0.418. The van der Waals surface area contributed by atoms with Crippen molar-refractivity contribution in [3.63, 3.8) is 0 Å². The van der Waals surface area contributed by atoms with E-state index in [0.717, 1.165) is 25.0 Å². The van der Waals surface area contributed by atoms with Gasteiger partial charge in [-0.05, 0) is 68.8 Å². The molecule has 0 radical (unpaired) electrons. The first kappa shape index (κ1) is 23.1. The number of fused-ring (bicyclic) bond motifs is 5. The third-order valence-electron chi connectivity index (χ3n) is 8.99. The lowest BCUT2D eigenvalue weighted by Gasteiger charge is -2.57. The summed E-state index contributed by atoms with van der Waals surface area (Å²) in [4.78, 5) is 37.6. The SMILES string of the molecule is CCOC(=O)N/N=C1\C=C2CC[C@@H]3[C@H](C(=O)C[C@@]4(C)[C@H]3CC[C@]4(O)C(=O)CO)[C@@]2(C)CC1. The van der Waals surface area contributed by atoms with E-state index >= 15 is 0 Å². The number of carbonyl (C=O) groups is 3. The van der Waals surface area contributed by atoms with E-state index in [1.807, 2.05) is 13.0 Å². The maximum Gasteiger partial charge on any atom is 0.427 e. The van der Waals surface area contributed by atoms with Gasteiger partial charge in [-0.2, -0.15) is 5.10 Å². The number of ether oxygens (including phenoxy) is 1. The Morgan fingerprint density at radius 2 is 2.00 bits per heavy atom. The number of aliphatic hydroxyl groups excluding tert-OH is 1.